The van der Waals surface area contributed by atoms with Gasteiger partial charge in [-0.1, -0.05) is 13.8 Å². The highest BCUT2D eigenvalue weighted by atomic mass is 16.6. The summed E-state index contributed by atoms with van der Waals surface area (Å²) in [6, 6.07) is 0. The maximum absolute atomic E-state index is 12.4. The van der Waals surface area contributed by atoms with E-state index in [-0.39, 0.29) is 11.7 Å². The van der Waals surface area contributed by atoms with E-state index in [2.05, 4.69) is 18.9 Å². The summed E-state index contributed by atoms with van der Waals surface area (Å²) in [5, 5.41) is 3.17. The van der Waals surface area contributed by atoms with Crippen molar-refractivity contribution in [3.05, 3.63) is 21.6 Å². The van der Waals surface area contributed by atoms with Gasteiger partial charge in [0.25, 0.3) is 5.56 Å². The van der Waals surface area contributed by atoms with Crippen LogP contribution in [0, 0.1) is 5.92 Å². The van der Waals surface area contributed by atoms with E-state index in [1.165, 1.54) is 0 Å². The number of amides is 1. The number of ether oxygens (including phenoxy) is 1. The van der Waals surface area contributed by atoms with E-state index in [9.17, 15) is 9.59 Å². The molecule has 1 aliphatic heterocycles. The van der Waals surface area contributed by atoms with Crippen LogP contribution in [-0.4, -0.2) is 32.9 Å². The highest BCUT2D eigenvalue weighted by Crippen LogP contribution is 2.18. The van der Waals surface area contributed by atoms with E-state index >= 15 is 0 Å². The molecule has 0 bridgehead atoms. The summed E-state index contributed by atoms with van der Waals surface area (Å²) in [5.41, 5.74) is 1.09. The van der Waals surface area contributed by atoms with Gasteiger partial charge in [-0.05, 0) is 26.7 Å². The third-order valence-electron chi connectivity index (χ3n) is 3.32. The van der Waals surface area contributed by atoms with E-state index in [4.69, 9.17) is 4.74 Å². The van der Waals surface area contributed by atoms with Crippen molar-refractivity contribution in [3.63, 3.8) is 0 Å². The SMILES string of the molecule is CC(C)Cn1[nH]c2c(c1=O)CN(C(=O)OC(C)(C)C)CC2. The summed E-state index contributed by atoms with van der Waals surface area (Å²) in [5.74, 6) is 0.393. The van der Waals surface area contributed by atoms with Crippen LogP contribution in [0.5, 0.6) is 0 Å². The van der Waals surface area contributed by atoms with Crippen molar-refractivity contribution in [2.75, 3.05) is 6.54 Å². The molecule has 0 aromatic carbocycles. The van der Waals surface area contributed by atoms with Crippen LogP contribution >= 0.6 is 0 Å². The Kier molecular flexibility index (Phi) is 4.16. The third-order valence-corrected chi connectivity index (χ3v) is 3.32. The number of nitrogens with zero attached hydrogens (tertiary/aromatic N) is 2. The van der Waals surface area contributed by atoms with Gasteiger partial charge in [0.15, 0.2) is 0 Å². The first kappa shape index (κ1) is 15.7. The molecule has 0 atom stereocenters. The minimum absolute atomic E-state index is 0.0213. The van der Waals surface area contributed by atoms with Crippen LogP contribution in [0.3, 0.4) is 0 Å². The van der Waals surface area contributed by atoms with Crippen molar-refractivity contribution in [1.29, 1.82) is 0 Å². The Bertz CT molecular complexity index is 578. The van der Waals surface area contributed by atoms with Crippen LogP contribution in [0.2, 0.25) is 0 Å². The summed E-state index contributed by atoms with van der Waals surface area (Å²) in [6.45, 7) is 11.2. The molecule has 21 heavy (non-hydrogen) atoms. The number of hydrogen-bond donors (Lipinski definition) is 1. The molecule has 1 aromatic heterocycles. The summed E-state index contributed by atoms with van der Waals surface area (Å²) < 4.78 is 7.02. The standard InChI is InChI=1S/C15H25N3O3/c1-10(2)8-18-13(19)11-9-17(7-6-12(11)16-18)14(20)21-15(3,4)5/h10,16H,6-9H2,1-5H3. The Balaban J connectivity index is 2.15. The zero-order valence-corrected chi connectivity index (χ0v) is 13.5. The fraction of sp³-hybridized carbons (Fsp3) is 0.733. The lowest BCUT2D eigenvalue weighted by molar-refractivity contribution is 0.0223. The minimum Gasteiger partial charge on any atom is -0.444 e. The van der Waals surface area contributed by atoms with Gasteiger partial charge in [-0.2, -0.15) is 0 Å². The van der Waals surface area contributed by atoms with Gasteiger partial charge in [-0.15, -0.1) is 0 Å². The number of carbonyl (C=O) groups excluding carboxylic acids is 1. The fourth-order valence-electron chi connectivity index (χ4n) is 2.44. The largest absolute Gasteiger partial charge is 0.444 e. The second-order valence-corrected chi connectivity index (χ2v) is 7.03. The molecule has 118 valence electrons. The number of H-pyrrole nitrogens is 1. The Hall–Kier alpha value is -1.72. The van der Waals surface area contributed by atoms with Crippen LogP contribution in [0.4, 0.5) is 4.79 Å². The summed E-state index contributed by atoms with van der Waals surface area (Å²) in [6.07, 6.45) is 0.304. The van der Waals surface area contributed by atoms with Gasteiger partial charge in [0.2, 0.25) is 0 Å². The highest BCUT2D eigenvalue weighted by molar-refractivity contribution is 5.68. The van der Waals surface area contributed by atoms with Crippen molar-refractivity contribution in [1.82, 2.24) is 14.7 Å². The number of aromatic amines is 1. The second kappa shape index (κ2) is 5.58. The van der Waals surface area contributed by atoms with Crippen molar-refractivity contribution < 1.29 is 9.53 Å². The number of nitrogens with one attached hydrogen (secondary N) is 1. The predicted octanol–water partition coefficient (Wildman–Crippen LogP) is 2.13. The molecule has 0 spiro atoms. The molecule has 1 amide bonds. The molecule has 1 aliphatic rings. The maximum atomic E-state index is 12.4. The minimum atomic E-state index is -0.520. The van der Waals surface area contributed by atoms with Gasteiger partial charge in [0.1, 0.15) is 5.60 Å². The van der Waals surface area contributed by atoms with Gasteiger partial charge in [-0.3, -0.25) is 14.6 Å². The van der Waals surface area contributed by atoms with Crippen molar-refractivity contribution in [3.8, 4) is 0 Å². The molecule has 2 heterocycles. The zero-order valence-electron chi connectivity index (χ0n) is 13.5. The molecule has 0 aliphatic carbocycles. The monoisotopic (exact) mass is 295 g/mol. The Morgan fingerprint density at radius 3 is 2.62 bits per heavy atom. The van der Waals surface area contributed by atoms with Gasteiger partial charge in [0.05, 0.1) is 12.1 Å². The first-order valence-electron chi connectivity index (χ1n) is 7.46. The van der Waals surface area contributed by atoms with Crippen molar-refractivity contribution >= 4 is 6.09 Å². The lowest BCUT2D eigenvalue weighted by Gasteiger charge is -2.29. The second-order valence-electron chi connectivity index (χ2n) is 7.03. The van der Waals surface area contributed by atoms with E-state index in [0.29, 0.717) is 37.5 Å². The topological polar surface area (TPSA) is 67.3 Å². The van der Waals surface area contributed by atoms with Gasteiger partial charge >= 0.3 is 6.09 Å². The summed E-state index contributed by atoms with van der Waals surface area (Å²) in [4.78, 5) is 26.1. The average molecular weight is 295 g/mol. The molecule has 0 fully saturated rings. The number of hydrogen-bond acceptors (Lipinski definition) is 3. The third kappa shape index (κ3) is 3.68. The van der Waals surface area contributed by atoms with Crippen LogP contribution in [0.25, 0.3) is 0 Å². The lowest BCUT2D eigenvalue weighted by Crippen LogP contribution is -2.41. The normalized spacial score (nSPS) is 15.2. The molecule has 6 nitrogen and oxygen atoms in total. The number of rotatable bonds is 2. The molecule has 1 N–H and O–H groups in total. The number of aromatic nitrogens is 2. The molecule has 0 unspecified atom stereocenters. The molecule has 2 rings (SSSR count). The Morgan fingerprint density at radius 1 is 1.38 bits per heavy atom. The Labute approximate surface area is 125 Å². The number of carbonyl (C=O) groups is 1. The molecule has 0 saturated heterocycles. The van der Waals surface area contributed by atoms with E-state index in [1.807, 2.05) is 20.8 Å². The van der Waals surface area contributed by atoms with Gasteiger partial charge in [-0.25, -0.2) is 4.79 Å². The average Bonchev–Trinajstić information content (AvgIpc) is 2.63. The number of fused-ring (bicyclic) bond motifs is 1. The molecular formula is C15H25N3O3. The molecule has 6 heteroatoms. The lowest BCUT2D eigenvalue weighted by atomic mass is 10.1. The van der Waals surface area contributed by atoms with Crippen molar-refractivity contribution in [2.24, 2.45) is 5.92 Å². The van der Waals surface area contributed by atoms with E-state index in [1.54, 1.807) is 9.58 Å². The smallest absolute Gasteiger partial charge is 0.410 e. The highest BCUT2D eigenvalue weighted by Gasteiger charge is 2.28. The molecule has 0 radical (unpaired) electrons. The quantitative estimate of drug-likeness (QED) is 0.909. The Morgan fingerprint density at radius 2 is 2.05 bits per heavy atom. The van der Waals surface area contributed by atoms with E-state index < -0.39 is 5.60 Å². The van der Waals surface area contributed by atoms with Crippen molar-refractivity contribution in [2.45, 2.75) is 59.7 Å². The van der Waals surface area contributed by atoms with Crippen LogP contribution in [0.15, 0.2) is 4.79 Å². The first-order valence-corrected chi connectivity index (χ1v) is 7.46. The van der Waals surface area contributed by atoms with Crippen LogP contribution < -0.4 is 5.56 Å². The predicted molar refractivity (Wildman–Crippen MR) is 80.2 cm³/mol. The molecule has 1 aromatic rings. The molecule has 0 saturated carbocycles. The first-order chi connectivity index (χ1) is 9.67. The van der Waals surface area contributed by atoms with E-state index in [0.717, 1.165) is 5.69 Å². The zero-order chi connectivity index (χ0) is 15.8. The van der Waals surface area contributed by atoms with Gasteiger partial charge < -0.3 is 9.64 Å². The summed E-state index contributed by atoms with van der Waals surface area (Å²) in [7, 11) is 0. The fourth-order valence-corrected chi connectivity index (χ4v) is 2.44. The van der Waals surface area contributed by atoms with Crippen LogP contribution in [-0.2, 0) is 24.2 Å². The maximum Gasteiger partial charge on any atom is 0.410 e. The van der Waals surface area contributed by atoms with Crippen LogP contribution in [0.1, 0.15) is 45.9 Å². The molecular weight excluding hydrogens is 270 g/mol. The summed E-state index contributed by atoms with van der Waals surface area (Å²) >= 11 is 0. The van der Waals surface area contributed by atoms with Gasteiger partial charge in [0, 0.05) is 25.2 Å².